The molecule has 0 aromatic carbocycles. The predicted octanol–water partition coefficient (Wildman–Crippen LogP) is -1.51. The Hall–Kier alpha value is -1.54. The van der Waals surface area contributed by atoms with Crippen molar-refractivity contribution in [3.8, 4) is 0 Å². The summed E-state index contributed by atoms with van der Waals surface area (Å²) in [5.41, 5.74) is 0.131. The molecule has 0 radical (unpaired) electrons. The normalized spacial score (nSPS) is 11.0. The van der Waals surface area contributed by atoms with Crippen LogP contribution in [0.1, 0.15) is 10.5 Å². The van der Waals surface area contributed by atoms with Crippen LogP contribution in [0.4, 0.5) is 0 Å². The van der Waals surface area contributed by atoms with Crippen LogP contribution in [0.5, 0.6) is 0 Å². The fourth-order valence-electron chi connectivity index (χ4n) is 0.814. The van der Waals surface area contributed by atoms with Crippen molar-refractivity contribution in [1.82, 2.24) is 15.3 Å². The van der Waals surface area contributed by atoms with E-state index < -0.39 is 15.9 Å². The van der Waals surface area contributed by atoms with Gasteiger partial charge in [-0.25, -0.2) is 18.5 Å². The maximum absolute atomic E-state index is 11.3. The molecule has 0 fully saturated rings. The maximum Gasteiger partial charge on any atom is 0.271 e. The highest BCUT2D eigenvalue weighted by molar-refractivity contribution is 7.89. The average Bonchev–Trinajstić information content (AvgIpc) is 2.17. The van der Waals surface area contributed by atoms with Gasteiger partial charge >= 0.3 is 0 Å². The van der Waals surface area contributed by atoms with Crippen molar-refractivity contribution in [2.24, 2.45) is 5.14 Å². The standard InChI is InChI=1S/C7H10N4O3S/c8-15(13,14)4-3-11-7(12)6-5-9-1-2-10-6/h1-2,5H,3-4H2,(H,11,12)(H2,8,13,14). The summed E-state index contributed by atoms with van der Waals surface area (Å²) in [4.78, 5) is 18.7. The van der Waals surface area contributed by atoms with Gasteiger partial charge in [-0.1, -0.05) is 0 Å². The molecule has 0 spiro atoms. The van der Waals surface area contributed by atoms with Gasteiger partial charge in [0.15, 0.2) is 0 Å². The summed E-state index contributed by atoms with van der Waals surface area (Å²) in [5.74, 6) is -0.786. The van der Waals surface area contributed by atoms with Gasteiger partial charge < -0.3 is 5.32 Å². The molecule has 0 aliphatic carbocycles. The molecule has 1 heterocycles. The van der Waals surface area contributed by atoms with Crippen molar-refractivity contribution in [3.63, 3.8) is 0 Å². The fourth-order valence-corrected chi connectivity index (χ4v) is 1.20. The molecule has 0 saturated heterocycles. The van der Waals surface area contributed by atoms with Crippen LogP contribution in [-0.4, -0.2) is 36.6 Å². The fraction of sp³-hybridized carbons (Fsp3) is 0.286. The summed E-state index contributed by atoms with van der Waals surface area (Å²) in [5, 5.41) is 7.11. The molecule has 3 N–H and O–H groups in total. The van der Waals surface area contributed by atoms with Crippen molar-refractivity contribution >= 4 is 15.9 Å². The summed E-state index contributed by atoms with van der Waals surface area (Å²) in [7, 11) is -3.55. The Morgan fingerprint density at radius 1 is 1.47 bits per heavy atom. The van der Waals surface area contributed by atoms with E-state index in [1.54, 1.807) is 0 Å². The van der Waals surface area contributed by atoms with Gasteiger partial charge in [-0.2, -0.15) is 0 Å². The first-order chi connectivity index (χ1) is 6.99. The number of hydrogen-bond donors (Lipinski definition) is 2. The molecular weight excluding hydrogens is 220 g/mol. The molecule has 0 saturated carbocycles. The van der Waals surface area contributed by atoms with E-state index in [-0.39, 0.29) is 18.0 Å². The summed E-state index contributed by atoms with van der Waals surface area (Å²) in [6, 6.07) is 0. The largest absolute Gasteiger partial charge is 0.350 e. The highest BCUT2D eigenvalue weighted by Gasteiger charge is 2.08. The number of carbonyl (C=O) groups excluding carboxylic acids is 1. The summed E-state index contributed by atoms with van der Waals surface area (Å²) in [6.07, 6.45) is 4.09. The zero-order valence-corrected chi connectivity index (χ0v) is 8.57. The monoisotopic (exact) mass is 230 g/mol. The Labute approximate surface area is 86.8 Å². The Morgan fingerprint density at radius 2 is 2.20 bits per heavy atom. The third-order valence-electron chi connectivity index (χ3n) is 1.47. The maximum atomic E-state index is 11.3. The lowest BCUT2D eigenvalue weighted by Gasteiger charge is -2.02. The van der Waals surface area contributed by atoms with Crippen LogP contribution in [0.3, 0.4) is 0 Å². The van der Waals surface area contributed by atoms with Crippen LogP contribution >= 0.6 is 0 Å². The third kappa shape index (κ3) is 4.47. The van der Waals surface area contributed by atoms with Crippen molar-refractivity contribution in [3.05, 3.63) is 24.3 Å². The molecule has 15 heavy (non-hydrogen) atoms. The van der Waals surface area contributed by atoms with Gasteiger partial charge in [-0.3, -0.25) is 9.78 Å². The Kier molecular flexibility index (Phi) is 3.69. The van der Waals surface area contributed by atoms with Crippen LogP contribution in [0.25, 0.3) is 0 Å². The van der Waals surface area contributed by atoms with E-state index in [4.69, 9.17) is 5.14 Å². The van der Waals surface area contributed by atoms with Crippen molar-refractivity contribution in [1.29, 1.82) is 0 Å². The summed E-state index contributed by atoms with van der Waals surface area (Å²) >= 11 is 0. The number of hydrogen-bond acceptors (Lipinski definition) is 5. The van der Waals surface area contributed by atoms with E-state index in [1.165, 1.54) is 18.6 Å². The van der Waals surface area contributed by atoms with E-state index in [0.717, 1.165) is 0 Å². The highest BCUT2D eigenvalue weighted by Crippen LogP contribution is 1.89. The van der Waals surface area contributed by atoms with Gasteiger partial charge in [0, 0.05) is 18.9 Å². The molecule has 0 aliphatic rings. The minimum absolute atomic E-state index is 0.0474. The lowest BCUT2D eigenvalue weighted by atomic mass is 10.4. The van der Waals surface area contributed by atoms with Gasteiger partial charge in [-0.15, -0.1) is 0 Å². The molecule has 8 heteroatoms. The smallest absolute Gasteiger partial charge is 0.271 e. The van der Waals surface area contributed by atoms with Crippen LogP contribution in [0, 0.1) is 0 Å². The topological polar surface area (TPSA) is 115 Å². The van der Waals surface area contributed by atoms with Crippen LogP contribution in [0.2, 0.25) is 0 Å². The quantitative estimate of drug-likeness (QED) is 0.652. The van der Waals surface area contributed by atoms with E-state index >= 15 is 0 Å². The van der Waals surface area contributed by atoms with Gasteiger partial charge in [0.1, 0.15) is 5.69 Å². The number of sulfonamides is 1. The van der Waals surface area contributed by atoms with E-state index in [1.807, 2.05) is 0 Å². The molecule has 7 nitrogen and oxygen atoms in total. The van der Waals surface area contributed by atoms with E-state index in [2.05, 4.69) is 15.3 Å². The molecule has 0 atom stereocenters. The molecule has 1 aromatic rings. The second-order valence-corrected chi connectivity index (χ2v) is 4.45. The van der Waals surface area contributed by atoms with Crippen LogP contribution in [-0.2, 0) is 10.0 Å². The zero-order valence-electron chi connectivity index (χ0n) is 7.75. The summed E-state index contributed by atoms with van der Waals surface area (Å²) in [6.45, 7) is -0.0474. The number of carbonyl (C=O) groups is 1. The number of rotatable bonds is 4. The first-order valence-corrected chi connectivity index (χ1v) is 5.75. The minimum Gasteiger partial charge on any atom is -0.350 e. The highest BCUT2D eigenvalue weighted by atomic mass is 32.2. The van der Waals surface area contributed by atoms with Crippen LogP contribution in [0.15, 0.2) is 18.6 Å². The third-order valence-corrected chi connectivity index (χ3v) is 2.24. The first kappa shape index (κ1) is 11.5. The molecular formula is C7H10N4O3S. The van der Waals surface area contributed by atoms with Crippen molar-refractivity contribution in [2.75, 3.05) is 12.3 Å². The lowest BCUT2D eigenvalue weighted by molar-refractivity contribution is 0.0951. The first-order valence-electron chi connectivity index (χ1n) is 4.04. The molecule has 1 rings (SSSR count). The SMILES string of the molecule is NS(=O)(=O)CCNC(=O)c1cnccn1. The molecule has 0 aliphatic heterocycles. The number of amides is 1. The van der Waals surface area contributed by atoms with Gasteiger partial charge in [-0.05, 0) is 0 Å². The van der Waals surface area contributed by atoms with E-state index in [0.29, 0.717) is 0 Å². The molecule has 1 aromatic heterocycles. The number of aromatic nitrogens is 2. The summed E-state index contributed by atoms with van der Waals surface area (Å²) < 4.78 is 21.1. The van der Waals surface area contributed by atoms with Gasteiger partial charge in [0.2, 0.25) is 10.0 Å². The Balaban J connectivity index is 2.45. The van der Waals surface area contributed by atoms with Gasteiger partial charge in [0.05, 0.1) is 11.9 Å². The Morgan fingerprint density at radius 3 is 2.73 bits per heavy atom. The molecule has 0 bridgehead atoms. The number of nitrogens with two attached hydrogens (primary N) is 1. The zero-order chi connectivity index (χ0) is 11.3. The second kappa shape index (κ2) is 4.80. The predicted molar refractivity (Wildman–Crippen MR) is 52.3 cm³/mol. The molecule has 82 valence electrons. The minimum atomic E-state index is -3.55. The molecule has 0 unspecified atom stereocenters. The number of primary sulfonamides is 1. The molecule has 1 amide bonds. The number of nitrogens with zero attached hydrogens (tertiary/aromatic N) is 2. The van der Waals surface area contributed by atoms with Crippen molar-refractivity contribution < 1.29 is 13.2 Å². The van der Waals surface area contributed by atoms with Crippen LogP contribution < -0.4 is 10.5 Å². The number of nitrogens with one attached hydrogen (secondary N) is 1. The Bertz CT molecular complexity index is 431. The van der Waals surface area contributed by atoms with E-state index in [9.17, 15) is 13.2 Å². The lowest BCUT2D eigenvalue weighted by Crippen LogP contribution is -2.31. The van der Waals surface area contributed by atoms with Gasteiger partial charge in [0.25, 0.3) is 5.91 Å². The average molecular weight is 230 g/mol. The van der Waals surface area contributed by atoms with Crippen molar-refractivity contribution in [2.45, 2.75) is 0 Å². The second-order valence-electron chi connectivity index (χ2n) is 2.71.